The van der Waals surface area contributed by atoms with Gasteiger partial charge in [-0.05, 0) is 36.1 Å². The van der Waals surface area contributed by atoms with Crippen molar-refractivity contribution in [3.05, 3.63) is 35.6 Å². The predicted molar refractivity (Wildman–Crippen MR) is 70.8 cm³/mol. The number of furan rings is 1. The van der Waals surface area contributed by atoms with E-state index in [0.717, 1.165) is 30.5 Å². The molecule has 0 aliphatic carbocycles. The van der Waals surface area contributed by atoms with E-state index in [2.05, 4.69) is 26.0 Å². The van der Waals surface area contributed by atoms with Gasteiger partial charge in [-0.25, -0.2) is 0 Å². The predicted octanol–water partition coefficient (Wildman–Crippen LogP) is 3.40. The lowest BCUT2D eigenvalue weighted by atomic mass is 10.0. The third-order valence-electron chi connectivity index (χ3n) is 3.56. The van der Waals surface area contributed by atoms with Crippen LogP contribution in [0.15, 0.2) is 28.7 Å². The Labute approximate surface area is 106 Å². The molecule has 3 nitrogen and oxygen atoms in total. The van der Waals surface area contributed by atoms with Gasteiger partial charge in [0.15, 0.2) is 5.76 Å². The van der Waals surface area contributed by atoms with Crippen molar-refractivity contribution in [1.82, 2.24) is 4.90 Å². The Morgan fingerprint density at radius 3 is 2.67 bits per heavy atom. The zero-order valence-corrected chi connectivity index (χ0v) is 10.8. The van der Waals surface area contributed by atoms with Gasteiger partial charge in [0, 0.05) is 18.5 Å². The smallest absolute Gasteiger partial charge is 0.289 e. The standard InChI is InChI=1S/C15H17NO2/c1-10(2)11-4-5-13-12(8-11)9-14(18-13)15(17)16-6-3-7-16/h4-5,8-10H,3,6-7H2,1-2H3. The Balaban J connectivity index is 1.97. The summed E-state index contributed by atoms with van der Waals surface area (Å²) in [4.78, 5) is 13.9. The molecular formula is C15H17NO2. The molecule has 0 atom stereocenters. The van der Waals surface area contributed by atoms with E-state index in [1.54, 1.807) is 0 Å². The number of likely N-dealkylation sites (tertiary alicyclic amines) is 1. The normalized spacial score (nSPS) is 15.2. The van der Waals surface area contributed by atoms with E-state index in [4.69, 9.17) is 4.42 Å². The third kappa shape index (κ3) is 1.80. The largest absolute Gasteiger partial charge is 0.451 e. The topological polar surface area (TPSA) is 33.5 Å². The Morgan fingerprint density at radius 2 is 2.06 bits per heavy atom. The van der Waals surface area contributed by atoms with Gasteiger partial charge >= 0.3 is 0 Å². The van der Waals surface area contributed by atoms with Crippen LogP contribution in [0.1, 0.15) is 42.3 Å². The SMILES string of the molecule is CC(C)c1ccc2oc(C(=O)N3CCC3)cc2c1. The van der Waals surface area contributed by atoms with Crippen molar-refractivity contribution in [2.75, 3.05) is 13.1 Å². The molecule has 1 aliphatic heterocycles. The summed E-state index contributed by atoms with van der Waals surface area (Å²) in [5.74, 6) is 0.966. The molecule has 1 saturated heterocycles. The summed E-state index contributed by atoms with van der Waals surface area (Å²) in [6.07, 6.45) is 1.10. The summed E-state index contributed by atoms with van der Waals surface area (Å²) in [7, 11) is 0. The average Bonchev–Trinajstić information content (AvgIpc) is 2.68. The second-order valence-corrected chi connectivity index (χ2v) is 5.21. The van der Waals surface area contributed by atoms with E-state index in [0.29, 0.717) is 11.7 Å². The van der Waals surface area contributed by atoms with Crippen LogP contribution in [0, 0.1) is 0 Å². The summed E-state index contributed by atoms with van der Waals surface area (Å²) in [6.45, 7) is 6.03. The summed E-state index contributed by atoms with van der Waals surface area (Å²) < 4.78 is 5.63. The molecule has 0 N–H and O–H groups in total. The highest BCUT2D eigenvalue weighted by Crippen LogP contribution is 2.25. The Hall–Kier alpha value is -1.77. The van der Waals surface area contributed by atoms with Crippen LogP contribution in [-0.4, -0.2) is 23.9 Å². The first-order chi connectivity index (χ1) is 8.65. The maximum Gasteiger partial charge on any atom is 0.289 e. The first kappa shape index (κ1) is 11.3. The van der Waals surface area contributed by atoms with Crippen molar-refractivity contribution in [3.8, 4) is 0 Å². The molecule has 2 heterocycles. The molecule has 1 aromatic heterocycles. The van der Waals surface area contributed by atoms with Crippen LogP contribution in [0.2, 0.25) is 0 Å². The Bertz CT molecular complexity index is 594. The van der Waals surface area contributed by atoms with Crippen LogP contribution in [0.25, 0.3) is 11.0 Å². The molecule has 1 fully saturated rings. The van der Waals surface area contributed by atoms with Gasteiger partial charge in [-0.3, -0.25) is 4.79 Å². The monoisotopic (exact) mass is 243 g/mol. The van der Waals surface area contributed by atoms with E-state index >= 15 is 0 Å². The van der Waals surface area contributed by atoms with Crippen LogP contribution < -0.4 is 0 Å². The van der Waals surface area contributed by atoms with Crippen molar-refractivity contribution in [2.45, 2.75) is 26.2 Å². The average molecular weight is 243 g/mol. The minimum atomic E-state index is 0.0172. The second kappa shape index (κ2) is 4.16. The summed E-state index contributed by atoms with van der Waals surface area (Å²) >= 11 is 0. The van der Waals surface area contributed by atoms with Gasteiger partial charge in [-0.1, -0.05) is 19.9 Å². The van der Waals surface area contributed by atoms with Crippen LogP contribution in [0.4, 0.5) is 0 Å². The molecule has 1 aromatic carbocycles. The van der Waals surface area contributed by atoms with Gasteiger partial charge in [0.25, 0.3) is 5.91 Å². The molecule has 2 aromatic rings. The van der Waals surface area contributed by atoms with Crippen LogP contribution in [0.3, 0.4) is 0 Å². The van der Waals surface area contributed by atoms with Crippen molar-refractivity contribution in [3.63, 3.8) is 0 Å². The lowest BCUT2D eigenvalue weighted by Gasteiger charge is -2.29. The number of carbonyl (C=O) groups is 1. The number of nitrogens with zero attached hydrogens (tertiary/aromatic N) is 1. The molecule has 0 bridgehead atoms. The number of hydrogen-bond donors (Lipinski definition) is 0. The molecule has 0 radical (unpaired) electrons. The lowest BCUT2D eigenvalue weighted by Crippen LogP contribution is -2.41. The molecule has 0 saturated carbocycles. The van der Waals surface area contributed by atoms with Crippen molar-refractivity contribution in [1.29, 1.82) is 0 Å². The minimum absolute atomic E-state index is 0.0172. The zero-order chi connectivity index (χ0) is 12.7. The molecule has 18 heavy (non-hydrogen) atoms. The first-order valence-corrected chi connectivity index (χ1v) is 6.48. The highest BCUT2D eigenvalue weighted by atomic mass is 16.3. The summed E-state index contributed by atoms with van der Waals surface area (Å²) in [5, 5.41) is 1.02. The number of hydrogen-bond acceptors (Lipinski definition) is 2. The van der Waals surface area contributed by atoms with E-state index in [9.17, 15) is 4.79 Å². The van der Waals surface area contributed by atoms with Gasteiger partial charge in [0.05, 0.1) is 0 Å². The van der Waals surface area contributed by atoms with Gasteiger partial charge in [-0.2, -0.15) is 0 Å². The van der Waals surface area contributed by atoms with Crippen LogP contribution >= 0.6 is 0 Å². The highest BCUT2D eigenvalue weighted by Gasteiger charge is 2.24. The number of carbonyl (C=O) groups excluding carboxylic acids is 1. The maximum atomic E-state index is 12.0. The quantitative estimate of drug-likeness (QED) is 0.810. The number of benzene rings is 1. The second-order valence-electron chi connectivity index (χ2n) is 5.21. The van der Waals surface area contributed by atoms with Crippen molar-refractivity contribution >= 4 is 16.9 Å². The van der Waals surface area contributed by atoms with Gasteiger partial charge in [-0.15, -0.1) is 0 Å². The number of amides is 1. The van der Waals surface area contributed by atoms with E-state index in [1.165, 1.54) is 5.56 Å². The van der Waals surface area contributed by atoms with Gasteiger partial charge in [0.1, 0.15) is 5.58 Å². The van der Waals surface area contributed by atoms with E-state index < -0.39 is 0 Å². The number of fused-ring (bicyclic) bond motifs is 1. The fourth-order valence-electron chi connectivity index (χ4n) is 2.20. The molecule has 3 heteroatoms. The zero-order valence-electron chi connectivity index (χ0n) is 10.8. The molecular weight excluding hydrogens is 226 g/mol. The first-order valence-electron chi connectivity index (χ1n) is 6.48. The fraction of sp³-hybridized carbons (Fsp3) is 0.400. The van der Waals surface area contributed by atoms with Crippen LogP contribution in [0.5, 0.6) is 0 Å². The van der Waals surface area contributed by atoms with Crippen molar-refractivity contribution < 1.29 is 9.21 Å². The molecule has 1 amide bonds. The van der Waals surface area contributed by atoms with E-state index in [-0.39, 0.29) is 5.91 Å². The third-order valence-corrected chi connectivity index (χ3v) is 3.56. The van der Waals surface area contributed by atoms with Crippen molar-refractivity contribution in [2.24, 2.45) is 0 Å². The fourth-order valence-corrected chi connectivity index (χ4v) is 2.20. The minimum Gasteiger partial charge on any atom is -0.451 e. The van der Waals surface area contributed by atoms with Gasteiger partial charge in [0.2, 0.25) is 0 Å². The van der Waals surface area contributed by atoms with Gasteiger partial charge < -0.3 is 9.32 Å². The summed E-state index contributed by atoms with van der Waals surface area (Å²) in [6, 6.07) is 7.99. The molecule has 94 valence electrons. The number of rotatable bonds is 2. The Morgan fingerprint density at radius 1 is 1.28 bits per heavy atom. The molecule has 1 aliphatic rings. The Kier molecular flexibility index (Phi) is 2.62. The highest BCUT2D eigenvalue weighted by molar-refractivity contribution is 5.96. The van der Waals surface area contributed by atoms with E-state index in [1.807, 2.05) is 17.0 Å². The molecule has 3 rings (SSSR count). The lowest BCUT2D eigenvalue weighted by molar-refractivity contribution is 0.0621. The molecule has 0 spiro atoms. The maximum absolute atomic E-state index is 12.0. The summed E-state index contributed by atoms with van der Waals surface area (Å²) in [5.41, 5.74) is 2.06. The molecule has 0 unspecified atom stereocenters. The van der Waals surface area contributed by atoms with Crippen LogP contribution in [-0.2, 0) is 0 Å².